The molecule has 0 saturated heterocycles. The van der Waals surface area contributed by atoms with E-state index in [0.29, 0.717) is 33.9 Å². The van der Waals surface area contributed by atoms with Crippen molar-refractivity contribution in [3.05, 3.63) is 89.0 Å². The maximum absolute atomic E-state index is 13.3. The Bertz CT molecular complexity index is 1730. The van der Waals surface area contributed by atoms with Crippen LogP contribution in [0.4, 0.5) is 0 Å². The molecule has 0 spiro atoms. The van der Waals surface area contributed by atoms with E-state index in [0.717, 1.165) is 16.5 Å². The summed E-state index contributed by atoms with van der Waals surface area (Å²) in [5, 5.41) is 0.747. The van der Waals surface area contributed by atoms with E-state index >= 15 is 0 Å². The smallest absolute Gasteiger partial charge is 0.286 e. The topological polar surface area (TPSA) is 96.2 Å². The fourth-order valence-electron chi connectivity index (χ4n) is 3.82. The lowest BCUT2D eigenvalue weighted by Crippen LogP contribution is -2.19. The molecule has 0 amide bonds. The highest BCUT2D eigenvalue weighted by Crippen LogP contribution is 2.33. The van der Waals surface area contributed by atoms with Crippen LogP contribution < -0.4 is 10.3 Å². The molecule has 4 aromatic heterocycles. The van der Waals surface area contributed by atoms with Gasteiger partial charge in [0.05, 0.1) is 7.11 Å². The summed E-state index contributed by atoms with van der Waals surface area (Å²) < 4.78 is 18.7. The Kier molecular flexibility index (Phi) is 4.51. The van der Waals surface area contributed by atoms with E-state index in [1.165, 1.54) is 4.57 Å². The SMILES string of the molecule is COc1ccc2oc(-c3nc(-n4ccc5cccnc5c4=O)c(-c4ccc(C)cc4)o3)nc2c1. The molecule has 0 saturated carbocycles. The number of methoxy groups -OCH3 is 1. The van der Waals surface area contributed by atoms with Gasteiger partial charge in [-0.05, 0) is 31.2 Å². The number of pyridine rings is 2. The van der Waals surface area contributed by atoms with Crippen LogP contribution >= 0.6 is 0 Å². The lowest BCUT2D eigenvalue weighted by molar-refractivity contribution is 0.415. The molecule has 8 nitrogen and oxygen atoms in total. The summed E-state index contributed by atoms with van der Waals surface area (Å²) in [7, 11) is 1.59. The minimum Gasteiger partial charge on any atom is -0.497 e. The molecule has 0 radical (unpaired) electrons. The first-order valence-electron chi connectivity index (χ1n) is 10.6. The van der Waals surface area contributed by atoms with Gasteiger partial charge in [-0.2, -0.15) is 4.98 Å². The van der Waals surface area contributed by atoms with Crippen LogP contribution in [0, 0.1) is 6.92 Å². The predicted octanol–water partition coefficient (Wildman–Crippen LogP) is 5.17. The van der Waals surface area contributed by atoms with Crippen LogP contribution in [-0.2, 0) is 0 Å². The summed E-state index contributed by atoms with van der Waals surface area (Å²) in [5.41, 5.74) is 3.10. The third kappa shape index (κ3) is 3.24. The lowest BCUT2D eigenvalue weighted by Gasteiger charge is -2.06. The van der Waals surface area contributed by atoms with Gasteiger partial charge in [-0.15, -0.1) is 0 Å². The summed E-state index contributed by atoms with van der Waals surface area (Å²) in [6, 6.07) is 18.6. The Hall–Kier alpha value is -4.72. The number of oxazole rings is 2. The first kappa shape index (κ1) is 19.9. The Morgan fingerprint density at radius 1 is 0.941 bits per heavy atom. The van der Waals surface area contributed by atoms with E-state index in [9.17, 15) is 4.79 Å². The molecular formula is C26H18N4O4. The molecule has 34 heavy (non-hydrogen) atoms. The monoisotopic (exact) mass is 450 g/mol. The van der Waals surface area contributed by atoms with Crippen LogP contribution in [0.2, 0.25) is 0 Å². The number of benzene rings is 2. The van der Waals surface area contributed by atoms with E-state index in [1.807, 2.05) is 43.3 Å². The van der Waals surface area contributed by atoms with Crippen molar-refractivity contribution in [1.29, 1.82) is 0 Å². The van der Waals surface area contributed by atoms with Crippen molar-refractivity contribution in [1.82, 2.24) is 19.5 Å². The number of fused-ring (bicyclic) bond motifs is 2. The molecule has 6 aromatic rings. The van der Waals surface area contributed by atoms with E-state index in [-0.39, 0.29) is 17.3 Å². The average Bonchev–Trinajstić information content (AvgIpc) is 3.49. The highest BCUT2D eigenvalue weighted by Gasteiger charge is 2.23. The zero-order valence-electron chi connectivity index (χ0n) is 18.4. The number of nitrogens with zero attached hydrogens (tertiary/aromatic N) is 4. The van der Waals surface area contributed by atoms with Crippen LogP contribution in [0.1, 0.15) is 5.56 Å². The van der Waals surface area contributed by atoms with Crippen molar-refractivity contribution in [2.75, 3.05) is 7.11 Å². The number of ether oxygens (including phenoxy) is 1. The molecule has 0 atom stereocenters. The number of aryl methyl sites for hydroxylation is 1. The van der Waals surface area contributed by atoms with Crippen molar-refractivity contribution < 1.29 is 13.6 Å². The molecule has 0 fully saturated rings. The lowest BCUT2D eigenvalue weighted by atomic mass is 10.1. The molecule has 2 aromatic carbocycles. The van der Waals surface area contributed by atoms with Crippen LogP contribution in [0.15, 0.2) is 86.7 Å². The Morgan fingerprint density at radius 2 is 1.76 bits per heavy atom. The summed E-state index contributed by atoms with van der Waals surface area (Å²) in [6.07, 6.45) is 3.26. The summed E-state index contributed by atoms with van der Waals surface area (Å²) in [4.78, 5) is 26.7. The van der Waals surface area contributed by atoms with Crippen molar-refractivity contribution in [3.63, 3.8) is 0 Å². The van der Waals surface area contributed by atoms with E-state index in [1.54, 1.807) is 43.8 Å². The second-order valence-electron chi connectivity index (χ2n) is 7.82. The second kappa shape index (κ2) is 7.70. The molecule has 166 valence electrons. The van der Waals surface area contributed by atoms with E-state index in [2.05, 4.69) is 15.0 Å². The van der Waals surface area contributed by atoms with E-state index < -0.39 is 0 Å². The van der Waals surface area contributed by atoms with E-state index in [4.69, 9.17) is 13.6 Å². The molecule has 8 heteroatoms. The number of rotatable bonds is 4. The van der Waals surface area contributed by atoms with Gasteiger partial charge in [0.15, 0.2) is 17.2 Å². The molecule has 0 bridgehead atoms. The third-order valence-corrected chi connectivity index (χ3v) is 5.59. The molecule has 0 N–H and O–H groups in total. The average molecular weight is 450 g/mol. The first-order chi connectivity index (χ1) is 16.6. The first-order valence-corrected chi connectivity index (χ1v) is 10.6. The number of aromatic nitrogens is 4. The fourth-order valence-corrected chi connectivity index (χ4v) is 3.82. The highest BCUT2D eigenvalue weighted by molar-refractivity contribution is 5.79. The van der Waals surface area contributed by atoms with Gasteiger partial charge in [-0.1, -0.05) is 35.9 Å². The maximum atomic E-state index is 13.3. The molecule has 0 aliphatic heterocycles. The Morgan fingerprint density at radius 3 is 2.59 bits per heavy atom. The molecule has 4 heterocycles. The maximum Gasteiger partial charge on any atom is 0.286 e. The van der Waals surface area contributed by atoms with Gasteiger partial charge in [0, 0.05) is 29.4 Å². The minimum absolute atomic E-state index is 0.161. The number of hydrogen-bond acceptors (Lipinski definition) is 7. The van der Waals surface area contributed by atoms with Crippen LogP contribution in [0.25, 0.3) is 50.9 Å². The zero-order chi connectivity index (χ0) is 23.2. The van der Waals surface area contributed by atoms with Gasteiger partial charge in [0.1, 0.15) is 16.8 Å². The summed E-state index contributed by atoms with van der Waals surface area (Å²) in [6.45, 7) is 2.00. The van der Waals surface area contributed by atoms with Crippen molar-refractivity contribution in [2.45, 2.75) is 6.92 Å². The number of hydrogen-bond donors (Lipinski definition) is 0. The Balaban J connectivity index is 1.57. The van der Waals surface area contributed by atoms with Crippen LogP contribution in [0.5, 0.6) is 5.75 Å². The van der Waals surface area contributed by atoms with Gasteiger partial charge in [-0.3, -0.25) is 14.3 Å². The normalized spacial score (nSPS) is 11.4. The highest BCUT2D eigenvalue weighted by atomic mass is 16.5. The van der Waals surface area contributed by atoms with Gasteiger partial charge in [-0.25, -0.2) is 4.98 Å². The molecule has 0 aliphatic rings. The van der Waals surface area contributed by atoms with Crippen molar-refractivity contribution >= 4 is 22.0 Å². The largest absolute Gasteiger partial charge is 0.497 e. The summed E-state index contributed by atoms with van der Waals surface area (Å²) in [5.74, 6) is 1.78. The zero-order valence-corrected chi connectivity index (χ0v) is 18.4. The fraction of sp³-hybridized carbons (Fsp3) is 0.0769. The Labute approximate surface area is 193 Å². The van der Waals surface area contributed by atoms with Gasteiger partial charge in [0.25, 0.3) is 17.3 Å². The molecular weight excluding hydrogens is 432 g/mol. The summed E-state index contributed by atoms with van der Waals surface area (Å²) >= 11 is 0. The molecule has 0 aliphatic carbocycles. The molecule has 6 rings (SSSR count). The predicted molar refractivity (Wildman–Crippen MR) is 127 cm³/mol. The van der Waals surface area contributed by atoms with Crippen molar-refractivity contribution in [2.24, 2.45) is 0 Å². The van der Waals surface area contributed by atoms with Crippen LogP contribution in [-0.4, -0.2) is 26.6 Å². The van der Waals surface area contributed by atoms with Crippen molar-refractivity contribution in [3.8, 4) is 34.7 Å². The van der Waals surface area contributed by atoms with Crippen LogP contribution in [0.3, 0.4) is 0 Å². The van der Waals surface area contributed by atoms with Gasteiger partial charge in [0.2, 0.25) is 0 Å². The quantitative estimate of drug-likeness (QED) is 0.366. The standard InChI is InChI=1S/C26H18N4O4/c1-15-5-7-17(8-6-15)22-23(30-13-11-16-4-3-12-27-21(16)26(30)31)29-25(34-22)24-28-19-14-18(32-2)9-10-20(19)33-24/h3-14H,1-2H3. The van der Waals surface area contributed by atoms with Gasteiger partial charge >= 0.3 is 0 Å². The molecule has 0 unspecified atom stereocenters. The minimum atomic E-state index is -0.298. The second-order valence-corrected chi connectivity index (χ2v) is 7.82. The van der Waals surface area contributed by atoms with Gasteiger partial charge < -0.3 is 13.6 Å². The third-order valence-electron chi connectivity index (χ3n) is 5.59.